The summed E-state index contributed by atoms with van der Waals surface area (Å²) in [5.41, 5.74) is 2.71. The van der Waals surface area contributed by atoms with E-state index in [1.165, 1.54) is 6.08 Å². The number of hydrogen-bond donors (Lipinski definition) is 2. The fraction of sp³-hybridized carbons (Fsp3) is 0.0625. The van der Waals surface area contributed by atoms with Crippen molar-refractivity contribution in [1.82, 2.24) is 10.3 Å². The Bertz CT molecular complexity index is 1550. The summed E-state index contributed by atoms with van der Waals surface area (Å²) in [6.45, 7) is 0. The van der Waals surface area contributed by atoms with Crippen molar-refractivity contribution < 1.29 is 23.9 Å². The highest BCUT2D eigenvalue weighted by molar-refractivity contribution is 6.11. The van der Waals surface area contributed by atoms with Gasteiger partial charge in [-0.2, -0.15) is 0 Å². The number of nitrogens with zero attached hydrogens (tertiary/aromatic N) is 1. The van der Waals surface area contributed by atoms with Gasteiger partial charge in [0.05, 0.1) is 14.2 Å². The molecule has 1 aromatic heterocycles. The molecule has 0 spiro atoms. The zero-order valence-electron chi connectivity index (χ0n) is 22.0. The lowest BCUT2D eigenvalue weighted by molar-refractivity contribution is -0.113. The molecule has 0 saturated carbocycles. The molecule has 4 rings (SSSR count). The van der Waals surface area contributed by atoms with E-state index in [0.29, 0.717) is 33.9 Å². The van der Waals surface area contributed by atoms with Gasteiger partial charge in [-0.3, -0.25) is 19.4 Å². The molecule has 40 heavy (non-hydrogen) atoms. The Hall–Kier alpha value is -5.50. The van der Waals surface area contributed by atoms with Crippen LogP contribution in [0, 0.1) is 0 Å². The monoisotopic (exact) mass is 533 g/mol. The van der Waals surface area contributed by atoms with Gasteiger partial charge in [-0.15, -0.1) is 0 Å². The van der Waals surface area contributed by atoms with Crippen molar-refractivity contribution in [3.05, 3.63) is 131 Å². The highest BCUT2D eigenvalue weighted by Gasteiger charge is 2.15. The first-order valence-corrected chi connectivity index (χ1v) is 12.3. The molecule has 8 heteroatoms. The number of pyridine rings is 1. The second-order valence-corrected chi connectivity index (χ2v) is 8.50. The molecular formula is C32H27N3O5. The van der Waals surface area contributed by atoms with Crippen LogP contribution < -0.4 is 20.1 Å². The highest BCUT2D eigenvalue weighted by atomic mass is 16.5. The second-order valence-electron chi connectivity index (χ2n) is 8.50. The van der Waals surface area contributed by atoms with E-state index < -0.39 is 11.8 Å². The quantitative estimate of drug-likeness (QED) is 0.209. The number of nitrogens with one attached hydrogen (secondary N) is 2. The maximum Gasteiger partial charge on any atom is 0.272 e. The number of carbonyl (C=O) groups is 3. The standard InChI is InChI=1S/C32H27N3O5/c1-39-27-16-12-24(30(20-27)40-2)13-17-29(36)23-10-14-26(15-11-23)34-32(38)28(19-22-7-6-18-33-21-22)35-31(37)25-8-4-3-5-9-25/h3-21H,1-2H3,(H,34,38)(H,35,37)/b17-13+,28-19-. The van der Waals surface area contributed by atoms with Crippen molar-refractivity contribution >= 4 is 35.4 Å². The van der Waals surface area contributed by atoms with E-state index in [9.17, 15) is 14.4 Å². The first kappa shape index (κ1) is 27.5. The number of hydrogen-bond acceptors (Lipinski definition) is 6. The van der Waals surface area contributed by atoms with Gasteiger partial charge in [0.25, 0.3) is 11.8 Å². The van der Waals surface area contributed by atoms with E-state index in [1.807, 2.05) is 0 Å². The number of amides is 2. The second kappa shape index (κ2) is 13.3. The summed E-state index contributed by atoms with van der Waals surface area (Å²) in [5.74, 6) is 0.0563. The SMILES string of the molecule is COc1ccc(/C=C/C(=O)c2ccc(NC(=O)/C(=C/c3cccnc3)NC(=O)c3ccccc3)cc2)c(OC)c1. The van der Waals surface area contributed by atoms with Gasteiger partial charge in [0.2, 0.25) is 0 Å². The Balaban J connectivity index is 1.47. The molecule has 0 aliphatic carbocycles. The molecule has 2 amide bonds. The minimum atomic E-state index is -0.529. The molecule has 0 bridgehead atoms. The molecular weight excluding hydrogens is 506 g/mol. The van der Waals surface area contributed by atoms with Gasteiger partial charge in [0.15, 0.2) is 5.78 Å². The average Bonchev–Trinajstić information content (AvgIpc) is 3.00. The fourth-order valence-corrected chi connectivity index (χ4v) is 3.70. The Labute approximate surface area is 232 Å². The minimum absolute atomic E-state index is 0.0402. The molecule has 0 fully saturated rings. The van der Waals surface area contributed by atoms with Crippen LogP contribution in [0.1, 0.15) is 31.8 Å². The molecule has 200 valence electrons. The number of ketones is 1. The van der Waals surface area contributed by atoms with Crippen LogP contribution in [0.3, 0.4) is 0 Å². The summed E-state index contributed by atoms with van der Waals surface area (Å²) in [6, 6.07) is 23.9. The van der Waals surface area contributed by atoms with Gasteiger partial charge in [0, 0.05) is 40.8 Å². The third-order valence-corrected chi connectivity index (χ3v) is 5.81. The van der Waals surface area contributed by atoms with Crippen molar-refractivity contribution in [2.75, 3.05) is 19.5 Å². The number of carbonyl (C=O) groups excluding carboxylic acids is 3. The number of rotatable bonds is 10. The van der Waals surface area contributed by atoms with Crippen molar-refractivity contribution in [3.8, 4) is 11.5 Å². The molecule has 0 unspecified atom stereocenters. The largest absolute Gasteiger partial charge is 0.497 e. The normalized spacial score (nSPS) is 11.1. The highest BCUT2D eigenvalue weighted by Crippen LogP contribution is 2.26. The number of allylic oxidation sites excluding steroid dienone is 1. The van der Waals surface area contributed by atoms with Crippen LogP contribution in [0.5, 0.6) is 11.5 Å². The minimum Gasteiger partial charge on any atom is -0.497 e. The van der Waals surface area contributed by atoms with Gasteiger partial charge >= 0.3 is 0 Å². The average molecular weight is 534 g/mol. The lowest BCUT2D eigenvalue weighted by Crippen LogP contribution is -2.30. The van der Waals surface area contributed by atoms with Crippen LogP contribution in [-0.4, -0.2) is 36.8 Å². The molecule has 0 saturated heterocycles. The third-order valence-electron chi connectivity index (χ3n) is 5.81. The fourth-order valence-electron chi connectivity index (χ4n) is 3.70. The van der Waals surface area contributed by atoms with Crippen molar-refractivity contribution in [2.45, 2.75) is 0 Å². The smallest absolute Gasteiger partial charge is 0.272 e. The maximum absolute atomic E-state index is 13.2. The number of anilines is 1. The van der Waals surface area contributed by atoms with E-state index in [1.54, 1.807) is 124 Å². The lowest BCUT2D eigenvalue weighted by Gasteiger charge is -2.11. The van der Waals surface area contributed by atoms with Crippen LogP contribution in [0.25, 0.3) is 12.2 Å². The number of ether oxygens (including phenoxy) is 2. The van der Waals surface area contributed by atoms with Gasteiger partial charge in [-0.1, -0.05) is 24.3 Å². The van der Waals surface area contributed by atoms with Gasteiger partial charge in [-0.05, 0) is 78.4 Å². The number of benzene rings is 3. The summed E-state index contributed by atoms with van der Waals surface area (Å²) < 4.78 is 10.6. The van der Waals surface area contributed by atoms with E-state index >= 15 is 0 Å². The van der Waals surface area contributed by atoms with Crippen molar-refractivity contribution in [3.63, 3.8) is 0 Å². The summed E-state index contributed by atoms with van der Waals surface area (Å²) >= 11 is 0. The van der Waals surface area contributed by atoms with Gasteiger partial charge in [-0.25, -0.2) is 0 Å². The summed E-state index contributed by atoms with van der Waals surface area (Å²) in [6.07, 6.45) is 7.86. The molecule has 4 aromatic rings. The molecule has 1 heterocycles. The maximum atomic E-state index is 13.2. The van der Waals surface area contributed by atoms with Crippen molar-refractivity contribution in [1.29, 1.82) is 0 Å². The van der Waals surface area contributed by atoms with Crippen LogP contribution in [-0.2, 0) is 4.79 Å². The molecule has 0 atom stereocenters. The first-order valence-electron chi connectivity index (χ1n) is 12.3. The van der Waals surface area contributed by atoms with E-state index in [2.05, 4.69) is 15.6 Å². The molecule has 3 aromatic carbocycles. The van der Waals surface area contributed by atoms with Crippen molar-refractivity contribution in [2.24, 2.45) is 0 Å². The predicted octanol–water partition coefficient (Wildman–Crippen LogP) is 5.40. The van der Waals surface area contributed by atoms with Crippen LogP contribution in [0.4, 0.5) is 5.69 Å². The van der Waals surface area contributed by atoms with E-state index in [0.717, 1.165) is 5.56 Å². The zero-order valence-corrected chi connectivity index (χ0v) is 22.0. The number of methoxy groups -OCH3 is 2. The Morgan fingerprint density at radius 2 is 1.60 bits per heavy atom. The van der Waals surface area contributed by atoms with Crippen LogP contribution in [0.2, 0.25) is 0 Å². The predicted molar refractivity (Wildman–Crippen MR) is 154 cm³/mol. The topological polar surface area (TPSA) is 107 Å². The zero-order chi connectivity index (χ0) is 28.3. The van der Waals surface area contributed by atoms with Crippen LogP contribution >= 0.6 is 0 Å². The van der Waals surface area contributed by atoms with E-state index in [-0.39, 0.29) is 11.5 Å². The Morgan fingerprint density at radius 3 is 2.27 bits per heavy atom. The summed E-state index contributed by atoms with van der Waals surface area (Å²) in [7, 11) is 3.12. The molecule has 0 aliphatic heterocycles. The van der Waals surface area contributed by atoms with E-state index in [4.69, 9.17) is 9.47 Å². The van der Waals surface area contributed by atoms with Crippen LogP contribution in [0.15, 0.2) is 109 Å². The summed E-state index contributed by atoms with van der Waals surface area (Å²) in [4.78, 5) is 42.7. The molecule has 0 radical (unpaired) electrons. The molecule has 2 N–H and O–H groups in total. The molecule has 0 aliphatic rings. The lowest BCUT2D eigenvalue weighted by atomic mass is 10.1. The van der Waals surface area contributed by atoms with Gasteiger partial charge in [0.1, 0.15) is 17.2 Å². The number of aromatic nitrogens is 1. The van der Waals surface area contributed by atoms with Gasteiger partial charge < -0.3 is 20.1 Å². The Morgan fingerprint density at radius 1 is 0.825 bits per heavy atom. The third kappa shape index (κ3) is 7.29. The first-order chi connectivity index (χ1) is 19.5. The Kier molecular flexibility index (Phi) is 9.18. The summed E-state index contributed by atoms with van der Waals surface area (Å²) in [5, 5.41) is 5.45. The molecule has 8 nitrogen and oxygen atoms in total.